The molecule has 2 nitrogen and oxygen atoms in total. The van der Waals surface area contributed by atoms with E-state index in [4.69, 9.17) is 5.73 Å². The van der Waals surface area contributed by atoms with Gasteiger partial charge in [0.15, 0.2) is 5.13 Å². The van der Waals surface area contributed by atoms with Gasteiger partial charge in [0.05, 0.1) is 15.8 Å². The minimum Gasteiger partial charge on any atom is -0.375 e. The highest BCUT2D eigenvalue weighted by molar-refractivity contribution is 7.22. The lowest BCUT2D eigenvalue weighted by molar-refractivity contribution is -0.139. The summed E-state index contributed by atoms with van der Waals surface area (Å²) in [4.78, 5) is 3.69. The Kier molecular flexibility index (Phi) is 2.07. The monoisotopic (exact) mass is 236 g/mol. The second-order valence-electron chi connectivity index (χ2n) is 2.85. The van der Waals surface area contributed by atoms with E-state index in [9.17, 15) is 17.6 Å². The summed E-state index contributed by atoms with van der Waals surface area (Å²) < 4.78 is 50.1. The van der Waals surface area contributed by atoms with Gasteiger partial charge in [0.2, 0.25) is 0 Å². The standard InChI is InChI=1S/C8H4F4N2S/c9-4-2-5-6(15-7(13)14-5)1-3(4)8(10,11)12/h1-2H,(H2,13,14). The zero-order chi connectivity index (χ0) is 11.2. The molecule has 2 N–H and O–H groups in total. The average Bonchev–Trinajstić information content (AvgIpc) is 2.40. The van der Waals surface area contributed by atoms with Crippen LogP contribution in [0.25, 0.3) is 10.2 Å². The van der Waals surface area contributed by atoms with Gasteiger partial charge in [0, 0.05) is 6.07 Å². The Morgan fingerprint density at radius 2 is 1.93 bits per heavy atom. The SMILES string of the molecule is Nc1nc2cc(F)c(C(F)(F)F)cc2s1. The van der Waals surface area contributed by atoms with E-state index in [-0.39, 0.29) is 15.3 Å². The topological polar surface area (TPSA) is 38.9 Å². The fraction of sp³-hybridized carbons (Fsp3) is 0.125. The number of benzene rings is 1. The van der Waals surface area contributed by atoms with Gasteiger partial charge in [-0.15, -0.1) is 0 Å². The number of alkyl halides is 3. The first kappa shape index (κ1) is 10.2. The maximum atomic E-state index is 13.0. The van der Waals surface area contributed by atoms with Crippen LogP contribution in [-0.2, 0) is 6.18 Å². The van der Waals surface area contributed by atoms with Gasteiger partial charge in [-0.05, 0) is 6.07 Å². The molecule has 0 radical (unpaired) electrons. The summed E-state index contributed by atoms with van der Waals surface area (Å²) in [6, 6.07) is 1.46. The van der Waals surface area contributed by atoms with Crippen LogP contribution < -0.4 is 5.73 Å². The highest BCUT2D eigenvalue weighted by atomic mass is 32.1. The van der Waals surface area contributed by atoms with Crippen molar-refractivity contribution in [1.82, 2.24) is 4.98 Å². The Hall–Kier alpha value is -1.37. The fourth-order valence-electron chi connectivity index (χ4n) is 1.18. The number of hydrogen-bond donors (Lipinski definition) is 1. The minimum absolute atomic E-state index is 0.115. The third-order valence-electron chi connectivity index (χ3n) is 1.80. The van der Waals surface area contributed by atoms with Gasteiger partial charge >= 0.3 is 6.18 Å². The van der Waals surface area contributed by atoms with Gasteiger partial charge in [-0.25, -0.2) is 9.37 Å². The molecule has 0 aliphatic rings. The molecular weight excluding hydrogens is 232 g/mol. The van der Waals surface area contributed by atoms with Crippen LogP contribution in [0.5, 0.6) is 0 Å². The maximum absolute atomic E-state index is 13.0. The molecule has 0 fully saturated rings. The molecule has 0 unspecified atom stereocenters. The fourth-order valence-corrected chi connectivity index (χ4v) is 1.94. The number of fused-ring (bicyclic) bond motifs is 1. The van der Waals surface area contributed by atoms with Crippen LogP contribution in [0.15, 0.2) is 12.1 Å². The largest absolute Gasteiger partial charge is 0.419 e. The molecule has 0 saturated carbocycles. The van der Waals surface area contributed by atoms with E-state index >= 15 is 0 Å². The molecule has 1 aromatic carbocycles. The van der Waals surface area contributed by atoms with Crippen molar-refractivity contribution in [2.24, 2.45) is 0 Å². The molecule has 1 aromatic heterocycles. The van der Waals surface area contributed by atoms with Crippen LogP contribution in [0.1, 0.15) is 5.56 Å². The number of anilines is 1. The number of rotatable bonds is 0. The molecular formula is C8H4F4N2S. The smallest absolute Gasteiger partial charge is 0.375 e. The van der Waals surface area contributed by atoms with Crippen molar-refractivity contribution in [3.05, 3.63) is 23.5 Å². The number of hydrogen-bond acceptors (Lipinski definition) is 3. The van der Waals surface area contributed by atoms with Gasteiger partial charge < -0.3 is 5.73 Å². The van der Waals surface area contributed by atoms with Gasteiger partial charge in [0.1, 0.15) is 5.82 Å². The van der Waals surface area contributed by atoms with E-state index in [0.717, 1.165) is 23.5 Å². The Balaban J connectivity index is 2.72. The first-order valence-electron chi connectivity index (χ1n) is 3.80. The van der Waals surface area contributed by atoms with E-state index in [2.05, 4.69) is 4.98 Å². The molecule has 2 aromatic rings. The molecule has 0 aliphatic carbocycles. The van der Waals surface area contributed by atoms with Gasteiger partial charge in [-0.2, -0.15) is 13.2 Å². The van der Waals surface area contributed by atoms with Crippen LogP contribution in [0.3, 0.4) is 0 Å². The first-order chi connectivity index (χ1) is 6.88. The van der Waals surface area contributed by atoms with Crippen molar-refractivity contribution in [1.29, 1.82) is 0 Å². The predicted molar refractivity (Wildman–Crippen MR) is 49.0 cm³/mol. The van der Waals surface area contributed by atoms with Crippen LogP contribution >= 0.6 is 11.3 Å². The summed E-state index contributed by atoms with van der Waals surface area (Å²) in [6.07, 6.45) is -4.70. The van der Waals surface area contributed by atoms with E-state index in [1.807, 2.05) is 0 Å². The second-order valence-corrected chi connectivity index (χ2v) is 3.91. The number of nitrogen functional groups attached to an aromatic ring is 1. The minimum atomic E-state index is -4.70. The van der Waals surface area contributed by atoms with Crippen molar-refractivity contribution in [2.45, 2.75) is 6.18 Å². The van der Waals surface area contributed by atoms with Crippen LogP contribution in [0.2, 0.25) is 0 Å². The van der Waals surface area contributed by atoms with Gasteiger partial charge in [-0.3, -0.25) is 0 Å². The third-order valence-corrected chi connectivity index (χ3v) is 2.65. The van der Waals surface area contributed by atoms with Crippen LogP contribution in [-0.4, -0.2) is 4.98 Å². The quantitative estimate of drug-likeness (QED) is 0.714. The van der Waals surface area contributed by atoms with Crippen LogP contribution in [0.4, 0.5) is 22.7 Å². The van der Waals surface area contributed by atoms with Crippen molar-refractivity contribution in [3.63, 3.8) is 0 Å². The Morgan fingerprint density at radius 1 is 1.27 bits per heavy atom. The summed E-state index contributed by atoms with van der Waals surface area (Å²) in [5.74, 6) is -1.33. The molecule has 1 heterocycles. The Bertz CT molecular complexity index is 517. The molecule has 0 amide bonds. The zero-order valence-electron chi connectivity index (χ0n) is 7.10. The number of nitrogens with zero attached hydrogens (tertiary/aromatic N) is 1. The highest BCUT2D eigenvalue weighted by Crippen LogP contribution is 2.35. The molecule has 0 atom stereocenters. The first-order valence-corrected chi connectivity index (χ1v) is 4.62. The van der Waals surface area contributed by atoms with Crippen molar-refractivity contribution >= 4 is 26.7 Å². The van der Waals surface area contributed by atoms with Crippen molar-refractivity contribution in [3.8, 4) is 0 Å². The highest BCUT2D eigenvalue weighted by Gasteiger charge is 2.34. The number of nitrogens with two attached hydrogens (primary N) is 1. The molecule has 0 aliphatic heterocycles. The third kappa shape index (κ3) is 1.74. The second kappa shape index (κ2) is 3.06. The lowest BCUT2D eigenvalue weighted by atomic mass is 10.2. The normalized spacial score (nSPS) is 12.3. The summed E-state index contributed by atoms with van der Waals surface area (Å²) >= 11 is 0.891. The Morgan fingerprint density at radius 3 is 2.53 bits per heavy atom. The predicted octanol–water partition coefficient (Wildman–Crippen LogP) is 3.04. The van der Waals surface area contributed by atoms with E-state index in [1.54, 1.807) is 0 Å². The van der Waals surface area contributed by atoms with E-state index < -0.39 is 17.6 Å². The molecule has 15 heavy (non-hydrogen) atoms. The molecule has 0 bridgehead atoms. The number of thiazole rings is 1. The molecule has 0 spiro atoms. The number of aromatic nitrogens is 1. The summed E-state index contributed by atoms with van der Waals surface area (Å²) in [6.45, 7) is 0. The summed E-state index contributed by atoms with van der Waals surface area (Å²) in [5.41, 5.74) is 4.15. The van der Waals surface area contributed by atoms with E-state index in [1.165, 1.54) is 0 Å². The molecule has 80 valence electrons. The van der Waals surface area contributed by atoms with Crippen molar-refractivity contribution in [2.75, 3.05) is 5.73 Å². The summed E-state index contributed by atoms with van der Waals surface area (Å²) in [7, 11) is 0. The van der Waals surface area contributed by atoms with Crippen molar-refractivity contribution < 1.29 is 17.6 Å². The molecule has 0 saturated heterocycles. The van der Waals surface area contributed by atoms with Crippen LogP contribution in [0, 0.1) is 5.82 Å². The summed E-state index contributed by atoms with van der Waals surface area (Å²) in [5, 5.41) is 0.115. The average molecular weight is 236 g/mol. The Labute approximate surface area is 85.3 Å². The zero-order valence-corrected chi connectivity index (χ0v) is 7.92. The lowest BCUT2D eigenvalue weighted by Crippen LogP contribution is -2.07. The van der Waals surface area contributed by atoms with Gasteiger partial charge in [0.25, 0.3) is 0 Å². The maximum Gasteiger partial charge on any atom is 0.419 e. The molecule has 2 rings (SSSR count). The number of halogens is 4. The lowest BCUT2D eigenvalue weighted by Gasteiger charge is -2.06. The van der Waals surface area contributed by atoms with E-state index in [0.29, 0.717) is 0 Å². The van der Waals surface area contributed by atoms with Gasteiger partial charge in [-0.1, -0.05) is 11.3 Å². The molecule has 7 heteroatoms.